The fraction of sp³-hybridized carbons (Fsp3) is 0.923. The lowest BCUT2D eigenvalue weighted by molar-refractivity contribution is -0.161. The van der Waals surface area contributed by atoms with E-state index in [9.17, 15) is 18.0 Å². The van der Waals surface area contributed by atoms with Gasteiger partial charge >= 0.3 is 6.18 Å². The minimum atomic E-state index is -4.34. The van der Waals surface area contributed by atoms with Crippen LogP contribution in [0.1, 0.15) is 26.2 Å². The van der Waals surface area contributed by atoms with Crippen LogP contribution < -0.4 is 5.73 Å². The van der Waals surface area contributed by atoms with Gasteiger partial charge in [-0.25, -0.2) is 0 Å². The first-order chi connectivity index (χ1) is 9.26. The lowest BCUT2D eigenvalue weighted by atomic mass is 9.66. The van der Waals surface area contributed by atoms with E-state index < -0.39 is 18.6 Å². The third-order valence-electron chi connectivity index (χ3n) is 4.59. The van der Waals surface area contributed by atoms with Crippen molar-refractivity contribution in [1.29, 1.82) is 0 Å². The van der Waals surface area contributed by atoms with Crippen LogP contribution in [0.15, 0.2) is 0 Å². The molecule has 0 bridgehead atoms. The van der Waals surface area contributed by atoms with Gasteiger partial charge in [-0.05, 0) is 25.2 Å². The molecule has 4 nitrogen and oxygen atoms in total. The fourth-order valence-electron chi connectivity index (χ4n) is 3.26. The number of likely N-dealkylation sites (tertiary alicyclic amines) is 1. The van der Waals surface area contributed by atoms with Gasteiger partial charge in [0.1, 0.15) is 6.54 Å². The molecule has 2 aliphatic rings. The number of hydrogen-bond donors (Lipinski definition) is 1. The third kappa shape index (κ3) is 3.25. The van der Waals surface area contributed by atoms with E-state index in [1.165, 1.54) is 0 Å². The SMILES string of the molecule is CCN(CC(F)(F)F)C(=O)CN1CC(N)C2(CCC2)C1. The van der Waals surface area contributed by atoms with Gasteiger partial charge in [-0.3, -0.25) is 9.69 Å². The second kappa shape index (κ2) is 5.52. The number of nitrogens with two attached hydrogens (primary N) is 1. The maximum Gasteiger partial charge on any atom is 0.406 e. The van der Waals surface area contributed by atoms with Crippen LogP contribution in [-0.4, -0.2) is 60.6 Å². The maximum atomic E-state index is 12.4. The van der Waals surface area contributed by atoms with Crippen LogP contribution in [0.2, 0.25) is 0 Å². The Balaban J connectivity index is 1.88. The Morgan fingerprint density at radius 2 is 2.10 bits per heavy atom. The largest absolute Gasteiger partial charge is 0.406 e. The molecule has 1 amide bonds. The van der Waals surface area contributed by atoms with Gasteiger partial charge in [0.15, 0.2) is 0 Å². The van der Waals surface area contributed by atoms with Crippen LogP contribution in [0.3, 0.4) is 0 Å². The number of rotatable bonds is 4. The lowest BCUT2D eigenvalue weighted by Gasteiger charge is -2.41. The maximum absolute atomic E-state index is 12.4. The van der Waals surface area contributed by atoms with Crippen LogP contribution in [0.5, 0.6) is 0 Å². The quantitative estimate of drug-likeness (QED) is 0.847. The molecule has 2 rings (SSSR count). The molecule has 1 saturated carbocycles. The molecule has 1 aliphatic heterocycles. The predicted octanol–water partition coefficient (Wildman–Crippen LogP) is 1.21. The summed E-state index contributed by atoms with van der Waals surface area (Å²) in [6.45, 7) is 1.85. The summed E-state index contributed by atoms with van der Waals surface area (Å²) in [4.78, 5) is 14.7. The molecule has 2 fully saturated rings. The van der Waals surface area contributed by atoms with E-state index in [1.807, 2.05) is 4.90 Å². The van der Waals surface area contributed by atoms with Crippen molar-refractivity contribution in [3.63, 3.8) is 0 Å². The smallest absolute Gasteiger partial charge is 0.333 e. The highest BCUT2D eigenvalue weighted by Gasteiger charge is 2.49. The minimum Gasteiger partial charge on any atom is -0.333 e. The number of nitrogens with zero attached hydrogens (tertiary/aromatic N) is 2. The molecule has 7 heteroatoms. The van der Waals surface area contributed by atoms with Gasteiger partial charge in [0, 0.05) is 25.7 Å². The minimum absolute atomic E-state index is 0.0410. The number of carbonyl (C=O) groups is 1. The zero-order chi connectivity index (χ0) is 15.0. The molecule has 20 heavy (non-hydrogen) atoms. The second-order valence-electron chi connectivity index (χ2n) is 6.02. The molecular formula is C13H22F3N3O. The molecule has 1 atom stereocenters. The molecule has 1 spiro atoms. The number of carbonyl (C=O) groups excluding carboxylic acids is 1. The van der Waals surface area contributed by atoms with E-state index in [1.54, 1.807) is 6.92 Å². The van der Waals surface area contributed by atoms with Crippen molar-refractivity contribution < 1.29 is 18.0 Å². The van der Waals surface area contributed by atoms with Gasteiger partial charge < -0.3 is 10.6 Å². The lowest BCUT2D eigenvalue weighted by Crippen LogP contribution is -2.45. The topological polar surface area (TPSA) is 49.6 Å². The van der Waals surface area contributed by atoms with E-state index in [0.717, 1.165) is 30.7 Å². The van der Waals surface area contributed by atoms with Crippen LogP contribution in [0.25, 0.3) is 0 Å². The van der Waals surface area contributed by atoms with Gasteiger partial charge in [-0.15, -0.1) is 0 Å². The van der Waals surface area contributed by atoms with Crippen LogP contribution in [-0.2, 0) is 4.79 Å². The summed E-state index contributed by atoms with van der Waals surface area (Å²) in [5.41, 5.74) is 6.22. The van der Waals surface area contributed by atoms with Crippen molar-refractivity contribution in [3.8, 4) is 0 Å². The molecular weight excluding hydrogens is 271 g/mol. The van der Waals surface area contributed by atoms with Crippen molar-refractivity contribution in [1.82, 2.24) is 9.80 Å². The molecule has 1 aliphatic carbocycles. The Labute approximate surface area is 117 Å². The molecule has 0 aromatic rings. The highest BCUT2D eigenvalue weighted by atomic mass is 19.4. The van der Waals surface area contributed by atoms with Crippen molar-refractivity contribution in [3.05, 3.63) is 0 Å². The fourth-order valence-corrected chi connectivity index (χ4v) is 3.26. The number of halogens is 3. The summed E-state index contributed by atoms with van der Waals surface area (Å²) in [6.07, 6.45) is -1.05. The molecule has 0 aromatic carbocycles. The zero-order valence-corrected chi connectivity index (χ0v) is 11.7. The Hall–Kier alpha value is -0.820. The summed E-state index contributed by atoms with van der Waals surface area (Å²) in [5.74, 6) is -0.464. The van der Waals surface area contributed by atoms with E-state index in [-0.39, 0.29) is 24.5 Å². The first-order valence-electron chi connectivity index (χ1n) is 7.08. The summed E-state index contributed by atoms with van der Waals surface area (Å²) < 4.78 is 37.2. The average molecular weight is 293 g/mol. The Bertz CT molecular complexity index is 368. The highest BCUT2D eigenvalue weighted by molar-refractivity contribution is 5.78. The molecule has 0 aromatic heterocycles. The number of amides is 1. The van der Waals surface area contributed by atoms with Crippen molar-refractivity contribution in [2.75, 3.05) is 32.7 Å². The first kappa shape index (κ1) is 15.6. The van der Waals surface area contributed by atoms with Crippen LogP contribution in [0, 0.1) is 5.41 Å². The van der Waals surface area contributed by atoms with E-state index >= 15 is 0 Å². The Kier molecular flexibility index (Phi) is 4.30. The second-order valence-corrected chi connectivity index (χ2v) is 6.02. The number of hydrogen-bond acceptors (Lipinski definition) is 3. The van der Waals surface area contributed by atoms with E-state index in [0.29, 0.717) is 6.54 Å². The zero-order valence-electron chi connectivity index (χ0n) is 11.7. The van der Waals surface area contributed by atoms with Gasteiger partial charge in [-0.1, -0.05) is 6.42 Å². The molecule has 116 valence electrons. The van der Waals surface area contributed by atoms with Crippen LogP contribution >= 0.6 is 0 Å². The number of likely N-dealkylation sites (N-methyl/N-ethyl adjacent to an activating group) is 1. The summed E-state index contributed by atoms with van der Waals surface area (Å²) in [6, 6.07) is 0.0433. The average Bonchev–Trinajstić information content (AvgIpc) is 2.61. The highest BCUT2D eigenvalue weighted by Crippen LogP contribution is 2.47. The standard InChI is InChI=1S/C13H22F3N3O/c1-2-19(9-13(14,15)16)11(20)7-18-6-10(17)12(8-18)4-3-5-12/h10H,2-9,17H2,1H3. The third-order valence-corrected chi connectivity index (χ3v) is 4.59. The van der Waals surface area contributed by atoms with Crippen molar-refractivity contribution in [2.24, 2.45) is 11.1 Å². The predicted molar refractivity (Wildman–Crippen MR) is 69.0 cm³/mol. The van der Waals surface area contributed by atoms with Crippen molar-refractivity contribution >= 4 is 5.91 Å². The molecule has 1 heterocycles. The van der Waals surface area contributed by atoms with Gasteiger partial charge in [-0.2, -0.15) is 13.2 Å². The van der Waals surface area contributed by atoms with E-state index in [2.05, 4.69) is 0 Å². The van der Waals surface area contributed by atoms with Crippen molar-refractivity contribution in [2.45, 2.75) is 38.4 Å². The normalized spacial score (nSPS) is 25.8. The molecule has 1 unspecified atom stereocenters. The molecule has 1 saturated heterocycles. The molecule has 0 radical (unpaired) electrons. The Morgan fingerprint density at radius 3 is 2.50 bits per heavy atom. The first-order valence-corrected chi connectivity index (χ1v) is 7.08. The molecule has 2 N–H and O–H groups in total. The summed E-state index contributed by atoms with van der Waals surface area (Å²) in [5, 5.41) is 0. The monoisotopic (exact) mass is 293 g/mol. The van der Waals surface area contributed by atoms with Gasteiger partial charge in [0.05, 0.1) is 6.54 Å². The van der Waals surface area contributed by atoms with Gasteiger partial charge in [0.2, 0.25) is 5.91 Å². The number of alkyl halides is 3. The van der Waals surface area contributed by atoms with E-state index in [4.69, 9.17) is 5.73 Å². The Morgan fingerprint density at radius 1 is 1.45 bits per heavy atom. The van der Waals surface area contributed by atoms with Crippen LogP contribution in [0.4, 0.5) is 13.2 Å². The van der Waals surface area contributed by atoms with Gasteiger partial charge in [0.25, 0.3) is 0 Å². The summed E-state index contributed by atoms with van der Waals surface area (Å²) >= 11 is 0. The summed E-state index contributed by atoms with van der Waals surface area (Å²) in [7, 11) is 0.